The Labute approximate surface area is 141 Å². The number of nitrogens with zero attached hydrogens (tertiary/aromatic N) is 1. The fourth-order valence-corrected chi connectivity index (χ4v) is 3.32. The van der Waals surface area contributed by atoms with E-state index in [1.165, 1.54) is 37.4 Å². The zero-order valence-electron chi connectivity index (χ0n) is 13.8. The number of hydrogen-bond acceptors (Lipinski definition) is 5. The lowest BCUT2D eigenvalue weighted by molar-refractivity contribution is -0.119. The maximum Gasteiger partial charge on any atom is 0.238 e. The molecule has 0 radical (unpaired) electrons. The Kier molecular flexibility index (Phi) is 6.95. The topological polar surface area (TPSA) is 84.2 Å². The highest BCUT2D eigenvalue weighted by molar-refractivity contribution is 8.01. The van der Waals surface area contributed by atoms with Gasteiger partial charge in [-0.1, -0.05) is 30.8 Å². The number of aryl methyl sites for hydroxylation is 1. The molecule has 0 unspecified atom stereocenters. The smallest absolute Gasteiger partial charge is 0.238 e. The molecule has 2 amide bonds. The van der Waals surface area contributed by atoms with Gasteiger partial charge in [0.15, 0.2) is 5.82 Å². The number of nitrogens with one attached hydrogen (secondary N) is 2. The molecule has 1 heterocycles. The Hall–Kier alpha value is -1.50. The molecule has 6 nitrogen and oxygen atoms in total. The van der Waals surface area contributed by atoms with Crippen molar-refractivity contribution in [1.82, 2.24) is 10.5 Å². The number of amides is 2. The molecule has 23 heavy (non-hydrogen) atoms. The van der Waals surface area contributed by atoms with Crippen LogP contribution >= 0.6 is 11.8 Å². The number of rotatable bonds is 6. The van der Waals surface area contributed by atoms with Gasteiger partial charge in [0.2, 0.25) is 11.8 Å². The SMILES string of the molecule is Cc1cc(NC(=O)[C@@H](C)SCC(=O)NC2CCCCCC2)no1. The first kappa shape index (κ1) is 17.8. The number of thioether (sulfide) groups is 1. The molecule has 0 bridgehead atoms. The fourth-order valence-electron chi connectivity index (χ4n) is 2.62. The normalized spacial score (nSPS) is 17.3. The molecule has 1 aliphatic rings. The summed E-state index contributed by atoms with van der Waals surface area (Å²) in [7, 11) is 0. The van der Waals surface area contributed by atoms with E-state index in [9.17, 15) is 9.59 Å². The minimum absolute atomic E-state index is 0.0128. The number of anilines is 1. The Morgan fingerprint density at radius 1 is 1.35 bits per heavy atom. The maximum atomic E-state index is 12.0. The van der Waals surface area contributed by atoms with Crippen LogP contribution in [0.4, 0.5) is 5.82 Å². The molecule has 128 valence electrons. The van der Waals surface area contributed by atoms with Gasteiger partial charge < -0.3 is 15.2 Å². The summed E-state index contributed by atoms with van der Waals surface area (Å²) in [6, 6.07) is 1.96. The molecular weight excluding hydrogens is 314 g/mol. The fraction of sp³-hybridized carbons (Fsp3) is 0.688. The van der Waals surface area contributed by atoms with Crippen molar-refractivity contribution < 1.29 is 14.1 Å². The van der Waals surface area contributed by atoms with Gasteiger partial charge in [-0.15, -0.1) is 11.8 Å². The molecule has 7 heteroatoms. The van der Waals surface area contributed by atoms with E-state index in [0.29, 0.717) is 23.4 Å². The highest BCUT2D eigenvalue weighted by atomic mass is 32.2. The second-order valence-electron chi connectivity index (χ2n) is 6.02. The van der Waals surface area contributed by atoms with Gasteiger partial charge in [-0.2, -0.15) is 0 Å². The van der Waals surface area contributed by atoms with Crippen LogP contribution in [0, 0.1) is 6.92 Å². The van der Waals surface area contributed by atoms with Crippen LogP contribution < -0.4 is 10.6 Å². The Morgan fingerprint density at radius 2 is 2.04 bits per heavy atom. The van der Waals surface area contributed by atoms with Crippen molar-refractivity contribution in [2.75, 3.05) is 11.1 Å². The Bertz CT molecular complexity index is 524. The second kappa shape index (κ2) is 8.96. The quantitative estimate of drug-likeness (QED) is 0.779. The minimum atomic E-state index is -0.327. The lowest BCUT2D eigenvalue weighted by Gasteiger charge is -2.17. The highest BCUT2D eigenvalue weighted by Gasteiger charge is 2.19. The first-order valence-electron chi connectivity index (χ1n) is 8.20. The standard InChI is InChI=1S/C16H25N3O3S/c1-11-9-14(19-22-11)18-16(21)12(2)23-10-15(20)17-13-7-5-3-4-6-8-13/h9,12-13H,3-8,10H2,1-2H3,(H,17,20)(H,18,19,21)/t12-/m1/s1. The van der Waals surface area contributed by atoms with Crippen LogP contribution in [0.15, 0.2) is 10.6 Å². The largest absolute Gasteiger partial charge is 0.360 e. The van der Waals surface area contributed by atoms with Crippen molar-refractivity contribution >= 4 is 29.4 Å². The van der Waals surface area contributed by atoms with Crippen molar-refractivity contribution in [3.8, 4) is 0 Å². The van der Waals surface area contributed by atoms with Crippen LogP contribution in [0.25, 0.3) is 0 Å². The van der Waals surface area contributed by atoms with E-state index in [1.807, 2.05) is 0 Å². The van der Waals surface area contributed by atoms with E-state index in [4.69, 9.17) is 4.52 Å². The molecule has 1 aliphatic carbocycles. The lowest BCUT2D eigenvalue weighted by Crippen LogP contribution is -2.36. The molecule has 0 saturated heterocycles. The van der Waals surface area contributed by atoms with Crippen molar-refractivity contribution in [2.24, 2.45) is 0 Å². The summed E-state index contributed by atoms with van der Waals surface area (Å²) in [5.74, 6) is 1.18. The van der Waals surface area contributed by atoms with E-state index >= 15 is 0 Å². The predicted octanol–water partition coefficient (Wildman–Crippen LogP) is 2.88. The van der Waals surface area contributed by atoms with Gasteiger partial charge in [0.05, 0.1) is 11.0 Å². The summed E-state index contributed by atoms with van der Waals surface area (Å²) < 4.78 is 4.90. The van der Waals surface area contributed by atoms with E-state index in [1.54, 1.807) is 19.9 Å². The number of hydrogen-bond donors (Lipinski definition) is 2. The third-order valence-electron chi connectivity index (χ3n) is 3.93. The first-order valence-corrected chi connectivity index (χ1v) is 9.24. The van der Waals surface area contributed by atoms with Gasteiger partial charge in [0.25, 0.3) is 0 Å². The van der Waals surface area contributed by atoms with Crippen molar-refractivity contribution in [1.29, 1.82) is 0 Å². The molecule has 1 fully saturated rings. The van der Waals surface area contributed by atoms with Crippen LogP contribution in [0.2, 0.25) is 0 Å². The van der Waals surface area contributed by atoms with Gasteiger partial charge in [0, 0.05) is 12.1 Å². The molecule has 1 saturated carbocycles. The molecule has 2 rings (SSSR count). The molecular formula is C16H25N3O3S. The molecule has 0 spiro atoms. The second-order valence-corrected chi connectivity index (χ2v) is 7.35. The lowest BCUT2D eigenvalue weighted by atomic mass is 10.1. The average molecular weight is 339 g/mol. The van der Waals surface area contributed by atoms with Gasteiger partial charge in [0.1, 0.15) is 5.76 Å². The zero-order chi connectivity index (χ0) is 16.7. The summed E-state index contributed by atoms with van der Waals surface area (Å²) in [5.41, 5.74) is 0. The molecule has 0 aromatic carbocycles. The molecule has 1 atom stereocenters. The first-order chi connectivity index (χ1) is 11.0. The monoisotopic (exact) mass is 339 g/mol. The minimum Gasteiger partial charge on any atom is -0.360 e. The van der Waals surface area contributed by atoms with Crippen LogP contribution in [0.5, 0.6) is 0 Å². The third-order valence-corrected chi connectivity index (χ3v) is 5.08. The Morgan fingerprint density at radius 3 is 2.65 bits per heavy atom. The summed E-state index contributed by atoms with van der Waals surface area (Å²) in [5, 5.41) is 9.16. The van der Waals surface area contributed by atoms with Crippen molar-refractivity contribution in [2.45, 2.75) is 63.7 Å². The zero-order valence-corrected chi connectivity index (χ0v) is 14.6. The van der Waals surface area contributed by atoms with Crippen LogP contribution in [0.1, 0.15) is 51.2 Å². The predicted molar refractivity (Wildman–Crippen MR) is 91.4 cm³/mol. The van der Waals surface area contributed by atoms with Crippen LogP contribution in [-0.4, -0.2) is 34.0 Å². The summed E-state index contributed by atoms with van der Waals surface area (Å²) >= 11 is 1.33. The van der Waals surface area contributed by atoms with E-state index < -0.39 is 0 Å². The molecule has 0 aliphatic heterocycles. The van der Waals surface area contributed by atoms with Crippen LogP contribution in [0.3, 0.4) is 0 Å². The van der Waals surface area contributed by atoms with Gasteiger partial charge in [-0.3, -0.25) is 9.59 Å². The number of carbonyl (C=O) groups excluding carboxylic acids is 2. The van der Waals surface area contributed by atoms with Crippen molar-refractivity contribution in [3.05, 3.63) is 11.8 Å². The van der Waals surface area contributed by atoms with E-state index in [-0.39, 0.29) is 17.1 Å². The van der Waals surface area contributed by atoms with E-state index in [0.717, 1.165) is 12.8 Å². The van der Waals surface area contributed by atoms with Crippen molar-refractivity contribution in [3.63, 3.8) is 0 Å². The summed E-state index contributed by atoms with van der Waals surface area (Å²) in [6.07, 6.45) is 7.04. The molecule has 1 aromatic rings. The van der Waals surface area contributed by atoms with Gasteiger partial charge in [-0.05, 0) is 26.7 Å². The summed E-state index contributed by atoms with van der Waals surface area (Å²) in [6.45, 7) is 3.55. The molecule has 1 aromatic heterocycles. The van der Waals surface area contributed by atoms with Gasteiger partial charge in [-0.25, -0.2) is 0 Å². The maximum absolute atomic E-state index is 12.0. The summed E-state index contributed by atoms with van der Waals surface area (Å²) in [4.78, 5) is 24.0. The third kappa shape index (κ3) is 6.25. The molecule has 2 N–H and O–H groups in total. The average Bonchev–Trinajstić information content (AvgIpc) is 2.76. The number of carbonyl (C=O) groups is 2. The highest BCUT2D eigenvalue weighted by Crippen LogP contribution is 2.18. The van der Waals surface area contributed by atoms with Crippen LogP contribution in [-0.2, 0) is 9.59 Å². The number of aromatic nitrogens is 1. The van der Waals surface area contributed by atoms with Gasteiger partial charge >= 0.3 is 0 Å². The Balaban J connectivity index is 1.69. The van der Waals surface area contributed by atoms with E-state index in [2.05, 4.69) is 15.8 Å².